The molecule has 0 amide bonds. The van der Waals surface area contributed by atoms with Gasteiger partial charge in [-0.2, -0.15) is 5.26 Å². The van der Waals surface area contributed by atoms with Crippen LogP contribution in [0.25, 0.3) is 0 Å². The summed E-state index contributed by atoms with van der Waals surface area (Å²) in [4.78, 5) is 0. The highest BCUT2D eigenvalue weighted by atomic mass is 32.2. The SMILES string of the molecule is CS(=O)(=O)CCCNCC1(CC#N)CC1. The lowest BCUT2D eigenvalue weighted by Crippen LogP contribution is -2.25. The molecule has 15 heavy (non-hydrogen) atoms. The van der Waals surface area contributed by atoms with Gasteiger partial charge in [-0.15, -0.1) is 0 Å². The molecule has 0 radical (unpaired) electrons. The number of hydrogen-bond acceptors (Lipinski definition) is 4. The second kappa shape index (κ2) is 4.95. The van der Waals surface area contributed by atoms with E-state index in [1.807, 2.05) is 0 Å². The lowest BCUT2D eigenvalue weighted by Gasteiger charge is -2.11. The van der Waals surface area contributed by atoms with Gasteiger partial charge in [-0.1, -0.05) is 0 Å². The Morgan fingerprint density at radius 1 is 1.47 bits per heavy atom. The van der Waals surface area contributed by atoms with Crippen molar-refractivity contribution >= 4 is 9.84 Å². The van der Waals surface area contributed by atoms with E-state index in [0.29, 0.717) is 12.8 Å². The largest absolute Gasteiger partial charge is 0.316 e. The van der Waals surface area contributed by atoms with E-state index in [1.165, 1.54) is 6.26 Å². The van der Waals surface area contributed by atoms with E-state index in [4.69, 9.17) is 5.26 Å². The Balaban J connectivity index is 2.05. The van der Waals surface area contributed by atoms with Crippen molar-refractivity contribution in [2.75, 3.05) is 25.1 Å². The van der Waals surface area contributed by atoms with E-state index in [9.17, 15) is 8.42 Å². The van der Waals surface area contributed by atoms with Crippen LogP contribution in [0.15, 0.2) is 0 Å². The average molecular weight is 230 g/mol. The Hall–Kier alpha value is -0.600. The molecule has 1 N–H and O–H groups in total. The molecule has 0 aliphatic heterocycles. The first-order valence-electron chi connectivity index (χ1n) is 5.23. The van der Waals surface area contributed by atoms with Crippen LogP contribution in [-0.2, 0) is 9.84 Å². The summed E-state index contributed by atoms with van der Waals surface area (Å²) in [6.45, 7) is 1.57. The molecule has 1 rings (SSSR count). The second-order valence-corrected chi connectivity index (χ2v) is 6.75. The normalized spacial score (nSPS) is 18.4. The Labute approximate surface area is 91.6 Å². The van der Waals surface area contributed by atoms with Gasteiger partial charge in [0.15, 0.2) is 0 Å². The molecular weight excluding hydrogens is 212 g/mol. The van der Waals surface area contributed by atoms with E-state index in [-0.39, 0.29) is 11.2 Å². The number of nitriles is 1. The van der Waals surface area contributed by atoms with Crippen LogP contribution in [0.2, 0.25) is 0 Å². The van der Waals surface area contributed by atoms with Crippen molar-refractivity contribution in [1.82, 2.24) is 5.32 Å². The molecule has 5 heteroatoms. The van der Waals surface area contributed by atoms with Crippen molar-refractivity contribution in [1.29, 1.82) is 5.26 Å². The third-order valence-electron chi connectivity index (χ3n) is 2.78. The van der Waals surface area contributed by atoms with Crippen LogP contribution in [0, 0.1) is 16.7 Å². The highest BCUT2D eigenvalue weighted by Gasteiger charge is 2.41. The van der Waals surface area contributed by atoms with Gasteiger partial charge in [-0.05, 0) is 31.2 Å². The summed E-state index contributed by atoms with van der Waals surface area (Å²) < 4.78 is 21.7. The fourth-order valence-electron chi connectivity index (χ4n) is 1.57. The third kappa shape index (κ3) is 5.14. The third-order valence-corrected chi connectivity index (χ3v) is 3.81. The first-order chi connectivity index (χ1) is 6.97. The standard InChI is InChI=1S/C10H18N2O2S/c1-15(13,14)8-2-7-12-9-10(3-4-10)5-6-11/h12H,2-5,7-9H2,1H3. The predicted octanol–water partition coefficient (Wildman–Crippen LogP) is 0.705. The Bertz CT molecular complexity index is 339. The minimum Gasteiger partial charge on any atom is -0.316 e. The van der Waals surface area contributed by atoms with Gasteiger partial charge in [0.25, 0.3) is 0 Å². The summed E-state index contributed by atoms with van der Waals surface area (Å²) in [5.41, 5.74) is 0.208. The molecule has 0 spiro atoms. The Morgan fingerprint density at radius 3 is 2.60 bits per heavy atom. The highest BCUT2D eigenvalue weighted by molar-refractivity contribution is 7.90. The maximum absolute atomic E-state index is 10.8. The fraction of sp³-hybridized carbons (Fsp3) is 0.900. The van der Waals surface area contributed by atoms with Gasteiger partial charge in [0.1, 0.15) is 9.84 Å². The maximum Gasteiger partial charge on any atom is 0.147 e. The van der Waals surface area contributed by atoms with Gasteiger partial charge in [0.2, 0.25) is 0 Å². The number of rotatable bonds is 7. The van der Waals surface area contributed by atoms with E-state index >= 15 is 0 Å². The lowest BCUT2D eigenvalue weighted by atomic mass is 10.0. The van der Waals surface area contributed by atoms with Crippen LogP contribution in [0.5, 0.6) is 0 Å². The number of sulfone groups is 1. The van der Waals surface area contributed by atoms with Gasteiger partial charge in [0.05, 0.1) is 11.8 Å². The van der Waals surface area contributed by atoms with E-state index in [2.05, 4.69) is 11.4 Å². The summed E-state index contributed by atoms with van der Waals surface area (Å²) in [5.74, 6) is 0.241. The van der Waals surface area contributed by atoms with Crippen molar-refractivity contribution in [2.45, 2.75) is 25.7 Å². The molecule has 1 aliphatic rings. The van der Waals surface area contributed by atoms with Crippen molar-refractivity contribution < 1.29 is 8.42 Å². The van der Waals surface area contributed by atoms with Gasteiger partial charge in [0, 0.05) is 19.2 Å². The number of nitrogens with one attached hydrogen (secondary N) is 1. The zero-order valence-electron chi connectivity index (χ0n) is 9.12. The molecule has 0 atom stereocenters. The van der Waals surface area contributed by atoms with Crippen molar-refractivity contribution in [2.24, 2.45) is 5.41 Å². The van der Waals surface area contributed by atoms with Crippen molar-refractivity contribution in [3.63, 3.8) is 0 Å². The van der Waals surface area contributed by atoms with Crippen LogP contribution < -0.4 is 5.32 Å². The summed E-state index contributed by atoms with van der Waals surface area (Å²) in [7, 11) is -2.83. The van der Waals surface area contributed by atoms with Crippen LogP contribution in [0.4, 0.5) is 0 Å². The summed E-state index contributed by atoms with van der Waals surface area (Å²) in [6.07, 6.45) is 4.78. The predicted molar refractivity (Wildman–Crippen MR) is 59.1 cm³/mol. The van der Waals surface area contributed by atoms with Crippen LogP contribution in [0.3, 0.4) is 0 Å². The summed E-state index contributed by atoms with van der Waals surface area (Å²) in [6, 6.07) is 2.20. The lowest BCUT2D eigenvalue weighted by molar-refractivity contribution is 0.467. The molecule has 1 fully saturated rings. The van der Waals surface area contributed by atoms with E-state index in [0.717, 1.165) is 25.9 Å². The molecule has 0 saturated heterocycles. The topological polar surface area (TPSA) is 70.0 Å². The molecule has 0 aromatic heterocycles. The molecule has 86 valence electrons. The highest BCUT2D eigenvalue weighted by Crippen LogP contribution is 2.47. The Morgan fingerprint density at radius 2 is 2.13 bits per heavy atom. The van der Waals surface area contributed by atoms with Crippen LogP contribution >= 0.6 is 0 Å². The van der Waals surface area contributed by atoms with Gasteiger partial charge in [-0.3, -0.25) is 0 Å². The molecule has 0 heterocycles. The minimum atomic E-state index is -2.83. The molecule has 0 unspecified atom stereocenters. The zero-order valence-corrected chi connectivity index (χ0v) is 9.94. The van der Waals surface area contributed by atoms with E-state index < -0.39 is 9.84 Å². The monoisotopic (exact) mass is 230 g/mol. The first kappa shape index (κ1) is 12.5. The first-order valence-corrected chi connectivity index (χ1v) is 7.29. The van der Waals surface area contributed by atoms with Crippen LogP contribution in [0.1, 0.15) is 25.7 Å². The van der Waals surface area contributed by atoms with Crippen molar-refractivity contribution in [3.05, 3.63) is 0 Å². The molecule has 0 bridgehead atoms. The van der Waals surface area contributed by atoms with Gasteiger partial charge in [-0.25, -0.2) is 8.42 Å². The van der Waals surface area contributed by atoms with Gasteiger partial charge >= 0.3 is 0 Å². The Kier molecular flexibility index (Phi) is 4.12. The molecule has 0 aromatic rings. The molecule has 1 aliphatic carbocycles. The number of nitrogens with zero attached hydrogens (tertiary/aromatic N) is 1. The maximum atomic E-state index is 10.8. The summed E-state index contributed by atoms with van der Waals surface area (Å²) in [5, 5.41) is 11.8. The molecule has 0 aromatic carbocycles. The zero-order chi connectivity index (χ0) is 11.4. The average Bonchev–Trinajstić information content (AvgIpc) is 2.83. The molecule has 1 saturated carbocycles. The van der Waals surface area contributed by atoms with Gasteiger partial charge < -0.3 is 5.32 Å². The second-order valence-electron chi connectivity index (χ2n) is 4.50. The molecule has 4 nitrogen and oxygen atoms in total. The van der Waals surface area contributed by atoms with E-state index in [1.54, 1.807) is 0 Å². The molecular formula is C10H18N2O2S. The quantitative estimate of drug-likeness (QED) is 0.654. The number of hydrogen-bond donors (Lipinski definition) is 1. The summed E-state index contributed by atoms with van der Waals surface area (Å²) >= 11 is 0. The fourth-order valence-corrected chi connectivity index (χ4v) is 2.24. The van der Waals surface area contributed by atoms with Crippen molar-refractivity contribution in [3.8, 4) is 6.07 Å². The minimum absolute atomic E-state index is 0.208. The van der Waals surface area contributed by atoms with Crippen LogP contribution in [-0.4, -0.2) is 33.5 Å². The smallest absolute Gasteiger partial charge is 0.147 e.